The lowest BCUT2D eigenvalue weighted by Gasteiger charge is -2.42. The summed E-state index contributed by atoms with van der Waals surface area (Å²) in [5.74, 6) is -0.691. The zero-order valence-electron chi connectivity index (χ0n) is 15.6. The smallest absolute Gasteiger partial charge is 0.394 e. The van der Waals surface area contributed by atoms with Crippen LogP contribution in [0.5, 0.6) is 0 Å². The van der Waals surface area contributed by atoms with Gasteiger partial charge < -0.3 is 50.5 Å². The third-order valence-corrected chi connectivity index (χ3v) is 5.42. The van der Waals surface area contributed by atoms with Crippen LogP contribution in [0.3, 0.4) is 0 Å². The van der Waals surface area contributed by atoms with Crippen molar-refractivity contribution in [3.8, 4) is 0 Å². The highest BCUT2D eigenvalue weighted by atomic mass is 32.3. The summed E-state index contributed by atoms with van der Waals surface area (Å²) in [6.07, 6.45) is -16.4. The van der Waals surface area contributed by atoms with Crippen molar-refractivity contribution in [1.29, 1.82) is 0 Å². The van der Waals surface area contributed by atoms with Crippen LogP contribution in [0.15, 0.2) is 0 Å². The minimum Gasteiger partial charge on any atom is -0.394 e. The standard InChI is InChI=1S/C14H25NO14S/c1-4(18)15-7-9(20)12(6(3-17)26-13(7)23)28-30(24,25)29-14-11(22)10(21)8(19)5(2-16)27-14/h5-14,16-17,19-23H,2-3H2,1H3,(H,15,18)/t5-,6-,7-,8+,9-,10+,11-,12-,13-,14+/m1/s1. The molecule has 0 aromatic heterocycles. The van der Waals surface area contributed by atoms with Gasteiger partial charge in [-0.05, 0) is 0 Å². The minimum absolute atomic E-state index is 0.691. The quantitative estimate of drug-likeness (QED) is 0.175. The summed E-state index contributed by atoms with van der Waals surface area (Å²) < 4.78 is 43.6. The Kier molecular flexibility index (Phi) is 8.47. The van der Waals surface area contributed by atoms with Gasteiger partial charge in [0.25, 0.3) is 0 Å². The lowest BCUT2D eigenvalue weighted by Crippen LogP contribution is -2.65. The highest BCUT2D eigenvalue weighted by molar-refractivity contribution is 7.81. The maximum atomic E-state index is 12.3. The molecule has 16 heteroatoms. The minimum atomic E-state index is -5.14. The van der Waals surface area contributed by atoms with Crippen molar-refractivity contribution in [1.82, 2.24) is 5.32 Å². The molecule has 0 spiro atoms. The molecule has 0 unspecified atom stereocenters. The molecule has 2 fully saturated rings. The van der Waals surface area contributed by atoms with Crippen molar-refractivity contribution < 1.29 is 66.8 Å². The maximum absolute atomic E-state index is 12.3. The lowest BCUT2D eigenvalue weighted by molar-refractivity contribution is -0.280. The molecule has 0 aliphatic carbocycles. The molecule has 2 aliphatic rings. The number of ether oxygens (including phenoxy) is 2. The monoisotopic (exact) mass is 463 g/mol. The third-order valence-electron chi connectivity index (χ3n) is 4.53. The van der Waals surface area contributed by atoms with Crippen molar-refractivity contribution >= 4 is 16.3 Å². The summed E-state index contributed by atoms with van der Waals surface area (Å²) in [5.41, 5.74) is 0. The fraction of sp³-hybridized carbons (Fsp3) is 0.929. The van der Waals surface area contributed by atoms with Gasteiger partial charge in [0.15, 0.2) is 6.29 Å². The molecule has 0 aromatic carbocycles. The summed E-state index contributed by atoms with van der Waals surface area (Å²) in [7, 11) is -5.14. The van der Waals surface area contributed by atoms with E-state index >= 15 is 0 Å². The molecule has 15 nitrogen and oxygen atoms in total. The van der Waals surface area contributed by atoms with Crippen LogP contribution < -0.4 is 5.32 Å². The van der Waals surface area contributed by atoms with Crippen LogP contribution in [0.2, 0.25) is 0 Å². The van der Waals surface area contributed by atoms with Crippen LogP contribution in [0.1, 0.15) is 6.92 Å². The van der Waals surface area contributed by atoms with Crippen LogP contribution in [0.4, 0.5) is 0 Å². The van der Waals surface area contributed by atoms with Crippen molar-refractivity contribution in [2.24, 2.45) is 0 Å². The van der Waals surface area contributed by atoms with Gasteiger partial charge in [-0.2, -0.15) is 8.42 Å². The highest BCUT2D eigenvalue weighted by Gasteiger charge is 2.50. The molecule has 0 bridgehead atoms. The molecule has 0 aromatic rings. The second-order valence-electron chi connectivity index (χ2n) is 6.73. The van der Waals surface area contributed by atoms with Gasteiger partial charge in [0.05, 0.1) is 13.2 Å². The molecule has 1 amide bonds. The Bertz CT molecular complexity index is 688. The Hall–Kier alpha value is -1.02. The summed E-state index contributed by atoms with van der Waals surface area (Å²) in [5, 5.41) is 70.0. The fourth-order valence-electron chi connectivity index (χ4n) is 3.01. The first-order valence-corrected chi connectivity index (χ1v) is 10.1. The normalized spacial score (nSPS) is 42.7. The van der Waals surface area contributed by atoms with Crippen LogP contribution in [-0.4, -0.2) is 125 Å². The summed E-state index contributed by atoms with van der Waals surface area (Å²) in [6.45, 7) is -0.683. The van der Waals surface area contributed by atoms with E-state index in [9.17, 15) is 43.9 Å². The molecule has 0 saturated carbocycles. The number of hydrogen-bond donors (Lipinski definition) is 8. The molecule has 2 rings (SSSR count). The average Bonchev–Trinajstić information content (AvgIpc) is 2.67. The SMILES string of the molecule is CC(=O)N[C@@H]1[C@@H](O)[C@H](OS(=O)(=O)O[C@@H]2O[C@H](CO)[C@H](O)[C@H](O)[C@H]2O)[C@@H](CO)O[C@H]1O. The summed E-state index contributed by atoms with van der Waals surface area (Å²) in [4.78, 5) is 11.2. The largest absolute Gasteiger partial charge is 0.402 e. The zero-order valence-corrected chi connectivity index (χ0v) is 16.4. The number of aliphatic hydroxyl groups is 7. The van der Waals surface area contributed by atoms with E-state index in [-0.39, 0.29) is 0 Å². The third kappa shape index (κ3) is 5.61. The Balaban J connectivity index is 2.16. The van der Waals surface area contributed by atoms with Gasteiger partial charge in [0.1, 0.15) is 48.8 Å². The molecule has 2 heterocycles. The van der Waals surface area contributed by atoms with Crippen molar-refractivity contribution in [3.05, 3.63) is 0 Å². The Morgan fingerprint density at radius 2 is 1.50 bits per heavy atom. The summed E-state index contributed by atoms with van der Waals surface area (Å²) in [6, 6.07) is -1.52. The van der Waals surface area contributed by atoms with E-state index in [0.29, 0.717) is 0 Å². The number of hydrogen-bond acceptors (Lipinski definition) is 14. The molecule has 176 valence electrons. The topological polar surface area (TPSA) is 242 Å². The number of nitrogens with one attached hydrogen (secondary N) is 1. The molecular formula is C14H25NO14S. The number of carbonyl (C=O) groups is 1. The zero-order chi connectivity index (χ0) is 22.8. The van der Waals surface area contributed by atoms with E-state index in [4.69, 9.17) is 18.8 Å². The fourth-order valence-corrected chi connectivity index (χ4v) is 3.96. The van der Waals surface area contributed by atoms with Gasteiger partial charge in [-0.1, -0.05) is 0 Å². The van der Waals surface area contributed by atoms with E-state index in [2.05, 4.69) is 9.50 Å². The van der Waals surface area contributed by atoms with Gasteiger partial charge in [0.2, 0.25) is 12.2 Å². The highest BCUT2D eigenvalue weighted by Crippen LogP contribution is 2.27. The van der Waals surface area contributed by atoms with E-state index < -0.39 is 90.9 Å². The molecule has 10 atom stereocenters. The molecule has 30 heavy (non-hydrogen) atoms. The number of aliphatic hydroxyl groups excluding tert-OH is 7. The van der Waals surface area contributed by atoms with Crippen molar-refractivity contribution in [3.63, 3.8) is 0 Å². The molecule has 2 saturated heterocycles. The van der Waals surface area contributed by atoms with Gasteiger partial charge >= 0.3 is 10.4 Å². The Morgan fingerprint density at radius 3 is 2.03 bits per heavy atom. The number of carbonyl (C=O) groups excluding carboxylic acids is 1. The second-order valence-corrected chi connectivity index (χ2v) is 7.93. The van der Waals surface area contributed by atoms with E-state index in [1.807, 2.05) is 0 Å². The summed E-state index contributed by atoms with van der Waals surface area (Å²) >= 11 is 0. The van der Waals surface area contributed by atoms with Gasteiger partial charge in [-0.15, -0.1) is 0 Å². The first-order chi connectivity index (χ1) is 13.9. The lowest BCUT2D eigenvalue weighted by atomic mass is 9.97. The second kappa shape index (κ2) is 10.1. The van der Waals surface area contributed by atoms with Gasteiger partial charge in [0, 0.05) is 6.92 Å². The molecular weight excluding hydrogens is 438 g/mol. The predicted molar refractivity (Wildman–Crippen MR) is 90.2 cm³/mol. The van der Waals surface area contributed by atoms with E-state index in [1.54, 1.807) is 0 Å². The van der Waals surface area contributed by atoms with Crippen LogP contribution in [-0.2, 0) is 33.0 Å². The average molecular weight is 463 g/mol. The van der Waals surface area contributed by atoms with Crippen LogP contribution in [0, 0.1) is 0 Å². The van der Waals surface area contributed by atoms with Crippen molar-refractivity contribution in [2.45, 2.75) is 68.3 Å². The number of rotatable bonds is 7. The van der Waals surface area contributed by atoms with Crippen LogP contribution >= 0.6 is 0 Å². The van der Waals surface area contributed by atoms with Gasteiger partial charge in [-0.25, -0.2) is 8.37 Å². The molecule has 2 aliphatic heterocycles. The molecule has 0 radical (unpaired) electrons. The van der Waals surface area contributed by atoms with Crippen LogP contribution in [0.25, 0.3) is 0 Å². The predicted octanol–water partition coefficient (Wildman–Crippen LogP) is -5.99. The first kappa shape index (κ1) is 25.2. The van der Waals surface area contributed by atoms with Crippen molar-refractivity contribution in [2.75, 3.05) is 13.2 Å². The maximum Gasteiger partial charge on any atom is 0.402 e. The first-order valence-electron chi connectivity index (χ1n) is 8.73. The van der Waals surface area contributed by atoms with E-state index in [1.165, 1.54) is 0 Å². The molecule has 8 N–H and O–H groups in total. The number of amides is 1. The van der Waals surface area contributed by atoms with Gasteiger partial charge in [-0.3, -0.25) is 4.79 Å². The van der Waals surface area contributed by atoms with E-state index in [0.717, 1.165) is 6.92 Å². The Morgan fingerprint density at radius 1 is 0.900 bits per heavy atom. The Labute approximate surface area is 170 Å².